The lowest BCUT2D eigenvalue weighted by Crippen LogP contribution is -1.93. The normalized spacial score (nSPS) is 9.60. The Bertz CT molecular complexity index is 23.6. The molecule has 5 heavy (non-hydrogen) atoms. The average Bonchev–Trinajstić information content (AvgIpc) is 1.38. The SMILES string of the molecule is CCN(F)S. The molecular weight excluding hydrogens is 89.1 g/mol. The van der Waals surface area contributed by atoms with Crippen LogP contribution in [0.4, 0.5) is 4.48 Å². The maximum absolute atomic E-state index is 11.1. The number of rotatable bonds is 1. The Kier molecular flexibility index (Phi) is 2.59. The Morgan fingerprint density at radius 2 is 2.20 bits per heavy atom. The van der Waals surface area contributed by atoms with E-state index in [0.717, 1.165) is 0 Å². The van der Waals surface area contributed by atoms with Gasteiger partial charge in [0, 0.05) is 6.54 Å². The molecule has 0 spiro atoms. The molecule has 0 saturated heterocycles. The smallest absolute Gasteiger partial charge is 0.0376 e. The average molecular weight is 95.1 g/mol. The van der Waals surface area contributed by atoms with Crippen LogP contribution in [0.5, 0.6) is 0 Å². The van der Waals surface area contributed by atoms with Gasteiger partial charge in [0.2, 0.25) is 0 Å². The molecule has 0 atom stereocenters. The molecule has 0 unspecified atom stereocenters. The minimum Gasteiger partial charge on any atom is -0.123 e. The Morgan fingerprint density at radius 1 is 2.00 bits per heavy atom. The Labute approximate surface area is 36.3 Å². The second-order valence-corrected chi connectivity index (χ2v) is 1.09. The first-order valence-corrected chi connectivity index (χ1v) is 1.79. The summed E-state index contributed by atoms with van der Waals surface area (Å²) in [5, 5.41) is 0. The van der Waals surface area contributed by atoms with Crippen LogP contribution in [0.2, 0.25) is 0 Å². The van der Waals surface area contributed by atoms with E-state index in [1.807, 2.05) is 0 Å². The van der Waals surface area contributed by atoms with Crippen molar-refractivity contribution in [3.63, 3.8) is 0 Å². The zero-order chi connectivity index (χ0) is 4.28. The highest BCUT2D eigenvalue weighted by molar-refractivity contribution is 7.77. The molecular formula is C2H6FNS. The predicted octanol–water partition coefficient (Wildman–Crippen LogP) is 1.04. The summed E-state index contributed by atoms with van der Waals surface area (Å²) < 4.78 is 11.4. The van der Waals surface area contributed by atoms with Crippen LogP contribution in [0.3, 0.4) is 0 Å². The minimum atomic E-state index is 0.319. The van der Waals surface area contributed by atoms with Gasteiger partial charge < -0.3 is 0 Å². The molecule has 32 valence electrons. The van der Waals surface area contributed by atoms with Gasteiger partial charge in [-0.05, 0) is 6.92 Å². The van der Waals surface area contributed by atoms with E-state index < -0.39 is 0 Å². The summed E-state index contributed by atoms with van der Waals surface area (Å²) in [6, 6.07) is 0. The molecule has 0 radical (unpaired) electrons. The monoisotopic (exact) mass is 95.0 g/mol. The van der Waals surface area contributed by atoms with Crippen molar-refractivity contribution in [3.05, 3.63) is 0 Å². The van der Waals surface area contributed by atoms with Gasteiger partial charge in [-0.25, -0.2) is 0 Å². The van der Waals surface area contributed by atoms with Gasteiger partial charge in [0.05, 0.1) is 0 Å². The molecule has 0 bridgehead atoms. The third-order valence-corrected chi connectivity index (χ3v) is 0.544. The topological polar surface area (TPSA) is 3.24 Å². The first-order chi connectivity index (χ1) is 2.27. The van der Waals surface area contributed by atoms with Crippen molar-refractivity contribution < 1.29 is 4.48 Å². The number of nitrogens with zero attached hydrogens (tertiary/aromatic N) is 1. The summed E-state index contributed by atoms with van der Waals surface area (Å²) in [5.41, 5.74) is 0. The number of hydrogen-bond donors (Lipinski definition) is 1. The summed E-state index contributed by atoms with van der Waals surface area (Å²) in [6.45, 7) is 2.01. The van der Waals surface area contributed by atoms with Crippen molar-refractivity contribution in [2.75, 3.05) is 6.54 Å². The van der Waals surface area contributed by atoms with Crippen LogP contribution < -0.4 is 0 Å². The van der Waals surface area contributed by atoms with Crippen LogP contribution in [0.15, 0.2) is 0 Å². The molecule has 1 nitrogen and oxygen atoms in total. The number of halogens is 1. The third kappa shape index (κ3) is 4.24. The Balaban J connectivity index is 2.54. The molecule has 0 amide bonds. The summed E-state index contributed by atoms with van der Waals surface area (Å²) in [5.74, 6) is 0. The minimum absolute atomic E-state index is 0.319. The number of thiol groups is 1. The summed E-state index contributed by atoms with van der Waals surface area (Å²) >= 11 is 3.26. The van der Waals surface area contributed by atoms with Crippen LogP contribution in [0.1, 0.15) is 6.92 Å². The molecule has 0 aliphatic rings. The second kappa shape index (κ2) is 2.48. The molecule has 0 aromatic rings. The fourth-order valence-corrected chi connectivity index (χ4v) is 0. The first kappa shape index (κ1) is 5.24. The fourth-order valence-electron chi connectivity index (χ4n) is 0. The summed E-state index contributed by atoms with van der Waals surface area (Å²) in [7, 11) is 0. The van der Waals surface area contributed by atoms with Crippen molar-refractivity contribution in [3.8, 4) is 0 Å². The van der Waals surface area contributed by atoms with Gasteiger partial charge in [-0.15, -0.1) is 4.48 Å². The van der Waals surface area contributed by atoms with E-state index in [1.54, 1.807) is 6.92 Å². The maximum atomic E-state index is 11.1. The molecule has 0 aliphatic carbocycles. The number of hydrogen-bond acceptors (Lipinski definition) is 2. The van der Waals surface area contributed by atoms with Gasteiger partial charge in [0.25, 0.3) is 0 Å². The molecule has 0 saturated carbocycles. The highest BCUT2D eigenvalue weighted by atomic mass is 32.1. The van der Waals surface area contributed by atoms with E-state index in [4.69, 9.17) is 0 Å². The van der Waals surface area contributed by atoms with Crippen molar-refractivity contribution >= 4 is 12.8 Å². The molecule has 0 aromatic carbocycles. The van der Waals surface area contributed by atoms with Gasteiger partial charge >= 0.3 is 0 Å². The maximum Gasteiger partial charge on any atom is 0.0376 e. The van der Waals surface area contributed by atoms with Gasteiger partial charge in [-0.3, -0.25) is 0 Å². The summed E-state index contributed by atoms with van der Waals surface area (Å²) in [6.07, 6.45) is 0. The van der Waals surface area contributed by atoms with E-state index >= 15 is 0 Å². The first-order valence-electron chi connectivity index (χ1n) is 1.39. The standard InChI is InChI=1S/C2H6FNS/c1-2-4(3)5/h5H,2H2,1H3. The van der Waals surface area contributed by atoms with E-state index in [1.165, 1.54) is 0 Å². The fraction of sp³-hybridized carbons (Fsp3) is 1.00. The zero-order valence-corrected chi connectivity index (χ0v) is 3.87. The van der Waals surface area contributed by atoms with Gasteiger partial charge in [-0.2, -0.15) is 0 Å². The molecule has 0 N–H and O–H groups in total. The Morgan fingerprint density at radius 3 is 2.20 bits per heavy atom. The third-order valence-electron chi connectivity index (χ3n) is 0.261. The van der Waals surface area contributed by atoms with Crippen molar-refractivity contribution in [2.24, 2.45) is 0 Å². The van der Waals surface area contributed by atoms with Crippen molar-refractivity contribution in [1.29, 1.82) is 0 Å². The molecule has 0 rings (SSSR count). The zero-order valence-electron chi connectivity index (χ0n) is 2.98. The highest BCUT2D eigenvalue weighted by Gasteiger charge is 1.79. The Hall–Kier alpha value is 0.240. The lowest BCUT2D eigenvalue weighted by molar-refractivity contribution is 0.172. The van der Waals surface area contributed by atoms with Gasteiger partial charge in [0.1, 0.15) is 0 Å². The lowest BCUT2D eigenvalue weighted by atomic mass is 10.8. The largest absolute Gasteiger partial charge is 0.123 e. The second-order valence-electron chi connectivity index (χ2n) is 0.653. The van der Waals surface area contributed by atoms with Crippen LogP contribution in [-0.2, 0) is 0 Å². The molecule has 0 aromatic heterocycles. The quantitative estimate of drug-likeness (QED) is 0.376. The molecule has 0 aliphatic heterocycles. The van der Waals surface area contributed by atoms with Crippen molar-refractivity contribution in [2.45, 2.75) is 6.92 Å². The molecule has 0 fully saturated rings. The molecule has 3 heteroatoms. The summed E-state index contributed by atoms with van der Waals surface area (Å²) in [4.78, 5) is 0. The van der Waals surface area contributed by atoms with E-state index in [0.29, 0.717) is 11.1 Å². The van der Waals surface area contributed by atoms with Crippen LogP contribution in [0, 0.1) is 0 Å². The van der Waals surface area contributed by atoms with Gasteiger partial charge in [-0.1, -0.05) is 17.3 Å². The van der Waals surface area contributed by atoms with E-state index in [9.17, 15) is 4.48 Å². The van der Waals surface area contributed by atoms with E-state index in [2.05, 4.69) is 12.8 Å². The lowest BCUT2D eigenvalue weighted by Gasteiger charge is -1.91. The highest BCUT2D eigenvalue weighted by Crippen LogP contribution is 1.87. The van der Waals surface area contributed by atoms with Crippen LogP contribution in [-0.4, -0.2) is 11.1 Å². The van der Waals surface area contributed by atoms with E-state index in [-0.39, 0.29) is 0 Å². The van der Waals surface area contributed by atoms with Crippen LogP contribution >= 0.6 is 12.8 Å². The van der Waals surface area contributed by atoms with Gasteiger partial charge in [0.15, 0.2) is 0 Å². The van der Waals surface area contributed by atoms with Crippen molar-refractivity contribution in [1.82, 2.24) is 4.53 Å². The van der Waals surface area contributed by atoms with Crippen LogP contribution in [0.25, 0.3) is 0 Å². The molecule has 0 heterocycles. The predicted molar refractivity (Wildman–Crippen MR) is 22.5 cm³/mol.